The van der Waals surface area contributed by atoms with E-state index in [1.54, 1.807) is 6.20 Å². The van der Waals surface area contributed by atoms with Gasteiger partial charge in [-0.25, -0.2) is 9.78 Å². The number of carbonyl (C=O) groups is 2. The van der Waals surface area contributed by atoms with E-state index in [9.17, 15) is 14.7 Å². The quantitative estimate of drug-likeness (QED) is 0.272. The Labute approximate surface area is 271 Å². The summed E-state index contributed by atoms with van der Waals surface area (Å²) in [5.74, 6) is 6.82. The second-order valence-electron chi connectivity index (χ2n) is 13.6. The molecule has 5 rings (SSSR count). The van der Waals surface area contributed by atoms with Crippen LogP contribution in [0.2, 0.25) is 0 Å². The number of thiophene rings is 1. The molecule has 0 bridgehead atoms. The van der Waals surface area contributed by atoms with Crippen LogP contribution in [0.1, 0.15) is 106 Å². The van der Waals surface area contributed by atoms with Crippen LogP contribution in [-0.2, 0) is 14.3 Å². The third-order valence-corrected chi connectivity index (χ3v) is 10.5. The Bertz CT molecular complexity index is 1330. The van der Waals surface area contributed by atoms with Crippen LogP contribution in [0.3, 0.4) is 0 Å². The molecule has 0 spiro atoms. The van der Waals surface area contributed by atoms with Crippen molar-refractivity contribution in [3.63, 3.8) is 0 Å². The van der Waals surface area contributed by atoms with Gasteiger partial charge < -0.3 is 24.2 Å². The van der Waals surface area contributed by atoms with Crippen LogP contribution < -0.4 is 9.64 Å². The molecule has 2 saturated carbocycles. The zero-order chi connectivity index (χ0) is 31.8. The molecule has 3 heterocycles. The van der Waals surface area contributed by atoms with Crippen molar-refractivity contribution in [3.05, 3.63) is 40.2 Å². The second-order valence-corrected chi connectivity index (χ2v) is 14.6. The van der Waals surface area contributed by atoms with E-state index in [0.29, 0.717) is 29.0 Å². The van der Waals surface area contributed by atoms with E-state index in [1.807, 2.05) is 29.2 Å². The van der Waals surface area contributed by atoms with Crippen LogP contribution >= 0.6 is 11.3 Å². The van der Waals surface area contributed by atoms with Crippen LogP contribution in [0, 0.1) is 29.1 Å². The summed E-state index contributed by atoms with van der Waals surface area (Å²) < 4.78 is 17.6. The lowest BCUT2D eigenvalue weighted by Gasteiger charge is -2.39. The Hall–Kier alpha value is -2.93. The molecule has 1 amide bonds. The second kappa shape index (κ2) is 15.6. The number of carboxylic acids is 1. The van der Waals surface area contributed by atoms with Gasteiger partial charge in [0.2, 0.25) is 11.8 Å². The Morgan fingerprint density at radius 1 is 1.04 bits per heavy atom. The summed E-state index contributed by atoms with van der Waals surface area (Å²) in [6.45, 7) is 8.54. The molecule has 2 aliphatic carbocycles. The summed E-state index contributed by atoms with van der Waals surface area (Å²) in [4.78, 5) is 33.8. The predicted octanol–water partition coefficient (Wildman–Crippen LogP) is 7.35. The largest absolute Gasteiger partial charge is 0.477 e. The molecule has 1 aliphatic heterocycles. The molecule has 1 N–H and O–H groups in total. The smallest absolute Gasteiger partial charge is 0.348 e. The van der Waals surface area contributed by atoms with Gasteiger partial charge in [0.1, 0.15) is 11.0 Å². The van der Waals surface area contributed by atoms with Crippen molar-refractivity contribution in [3.8, 4) is 17.7 Å². The fraction of sp³-hybridized carbons (Fsp3) is 0.639. The first-order chi connectivity index (χ1) is 21.7. The van der Waals surface area contributed by atoms with Crippen LogP contribution in [0.5, 0.6) is 5.88 Å². The van der Waals surface area contributed by atoms with Gasteiger partial charge in [-0.15, -0.1) is 11.3 Å². The molecule has 244 valence electrons. The number of aromatic nitrogens is 1. The molecule has 2 aromatic rings. The Kier molecular flexibility index (Phi) is 11.6. The van der Waals surface area contributed by atoms with Gasteiger partial charge in [0.25, 0.3) is 0 Å². The molecule has 1 saturated heterocycles. The number of amides is 1. The first-order valence-corrected chi connectivity index (χ1v) is 17.5. The summed E-state index contributed by atoms with van der Waals surface area (Å²) >= 11 is 1.17. The number of pyridine rings is 1. The maximum atomic E-state index is 14.3. The van der Waals surface area contributed by atoms with Crippen LogP contribution in [0.15, 0.2) is 30.5 Å². The molecule has 2 aromatic heterocycles. The Morgan fingerprint density at radius 3 is 2.44 bits per heavy atom. The first kappa shape index (κ1) is 33.4. The maximum absolute atomic E-state index is 14.3. The fourth-order valence-corrected chi connectivity index (χ4v) is 7.44. The molecule has 0 radical (unpaired) electrons. The van der Waals surface area contributed by atoms with Crippen molar-refractivity contribution < 1.29 is 28.9 Å². The van der Waals surface area contributed by atoms with Gasteiger partial charge >= 0.3 is 5.97 Å². The monoisotopic (exact) mass is 636 g/mol. The average molecular weight is 637 g/mol. The lowest BCUT2D eigenvalue weighted by atomic mass is 9.81. The zero-order valence-corrected chi connectivity index (χ0v) is 27.8. The van der Waals surface area contributed by atoms with Crippen molar-refractivity contribution in [2.75, 3.05) is 24.7 Å². The van der Waals surface area contributed by atoms with E-state index in [1.165, 1.54) is 11.3 Å². The highest BCUT2D eigenvalue weighted by Crippen LogP contribution is 2.39. The van der Waals surface area contributed by atoms with Gasteiger partial charge in [-0.1, -0.05) is 24.8 Å². The molecule has 0 unspecified atom stereocenters. The van der Waals surface area contributed by atoms with Gasteiger partial charge in [0, 0.05) is 49.5 Å². The van der Waals surface area contributed by atoms with Crippen molar-refractivity contribution >= 4 is 28.9 Å². The topological polar surface area (TPSA) is 98.2 Å². The molecule has 45 heavy (non-hydrogen) atoms. The molecule has 0 aromatic carbocycles. The van der Waals surface area contributed by atoms with Gasteiger partial charge in [-0.05, 0) is 103 Å². The van der Waals surface area contributed by atoms with E-state index in [2.05, 4.69) is 37.6 Å². The number of carboxylic acid groups (broad SMARTS) is 1. The first-order valence-electron chi connectivity index (χ1n) is 16.7. The third-order valence-electron chi connectivity index (χ3n) is 9.48. The lowest BCUT2D eigenvalue weighted by molar-refractivity contribution is -0.124. The lowest BCUT2D eigenvalue weighted by Crippen LogP contribution is -2.47. The number of carbonyl (C=O) groups excluding carboxylic acids is 1. The minimum absolute atomic E-state index is 0.0177. The summed E-state index contributed by atoms with van der Waals surface area (Å²) in [6.07, 6.45) is 11.4. The summed E-state index contributed by atoms with van der Waals surface area (Å²) in [7, 11) is 0. The maximum Gasteiger partial charge on any atom is 0.348 e. The van der Waals surface area contributed by atoms with Gasteiger partial charge in [-0.2, -0.15) is 0 Å². The van der Waals surface area contributed by atoms with E-state index >= 15 is 0 Å². The van der Waals surface area contributed by atoms with Crippen molar-refractivity contribution in [1.82, 2.24) is 4.98 Å². The van der Waals surface area contributed by atoms with E-state index < -0.39 is 5.97 Å². The highest BCUT2D eigenvalue weighted by atomic mass is 32.1. The fourth-order valence-electron chi connectivity index (χ4n) is 6.60. The molecule has 9 heteroatoms. The number of aromatic carboxylic acids is 1. The number of nitrogens with zero attached hydrogens (tertiary/aromatic N) is 2. The van der Waals surface area contributed by atoms with Crippen LogP contribution in [0.25, 0.3) is 0 Å². The number of rotatable bonds is 10. The summed E-state index contributed by atoms with van der Waals surface area (Å²) in [5.41, 5.74) is 0.189. The van der Waals surface area contributed by atoms with Crippen molar-refractivity contribution in [2.24, 2.45) is 17.3 Å². The number of anilines is 1. The van der Waals surface area contributed by atoms with Gasteiger partial charge in [0.05, 0.1) is 16.7 Å². The van der Waals surface area contributed by atoms with E-state index in [0.717, 1.165) is 83.8 Å². The van der Waals surface area contributed by atoms with Gasteiger partial charge in [0.15, 0.2) is 0 Å². The standard InChI is InChI=1S/C36H48N2O6S/c1-25-7-9-26(10-8-25)34(39)38(27-11-13-29(14-12-27)44-32-6-4-5-20-37-32)31-24-30(45-33(31)35(40)41)15-18-36(2,3)19-23-43-28-16-21-42-22-17-28/h4-6,20,24-29H,7-14,16-17,19,21-23H2,1-3H3,(H,40,41). The molecule has 3 fully saturated rings. The minimum atomic E-state index is -1.02. The molecule has 3 aliphatic rings. The summed E-state index contributed by atoms with van der Waals surface area (Å²) in [6, 6.07) is 7.39. The molecule has 8 nitrogen and oxygen atoms in total. The van der Waals surface area contributed by atoms with Crippen molar-refractivity contribution in [1.29, 1.82) is 0 Å². The predicted molar refractivity (Wildman–Crippen MR) is 176 cm³/mol. The van der Waals surface area contributed by atoms with E-state index in [4.69, 9.17) is 14.2 Å². The zero-order valence-electron chi connectivity index (χ0n) is 27.0. The van der Waals surface area contributed by atoms with Crippen molar-refractivity contribution in [2.45, 2.75) is 110 Å². The highest BCUT2D eigenvalue weighted by molar-refractivity contribution is 7.15. The number of ether oxygens (including phenoxy) is 3. The number of hydrogen-bond donors (Lipinski definition) is 1. The Morgan fingerprint density at radius 2 is 1.78 bits per heavy atom. The van der Waals surface area contributed by atoms with Crippen LogP contribution in [-0.4, -0.2) is 60.0 Å². The molecular weight excluding hydrogens is 588 g/mol. The summed E-state index contributed by atoms with van der Waals surface area (Å²) in [5, 5.41) is 10.3. The Balaban J connectivity index is 1.33. The van der Waals surface area contributed by atoms with E-state index in [-0.39, 0.29) is 40.4 Å². The normalized spacial score (nSPS) is 24.3. The number of hydrogen-bond acceptors (Lipinski definition) is 7. The van der Waals surface area contributed by atoms with Gasteiger partial charge in [-0.3, -0.25) is 4.79 Å². The molecular formula is C36H48N2O6S. The highest BCUT2D eigenvalue weighted by Gasteiger charge is 2.38. The van der Waals surface area contributed by atoms with Crippen LogP contribution in [0.4, 0.5) is 5.69 Å². The molecule has 0 atom stereocenters. The third kappa shape index (κ3) is 9.31. The SMILES string of the molecule is CC1CCC(C(=O)N(c2cc(C#CC(C)(C)CCOC3CCOCC3)sc2C(=O)O)C2CCC(Oc3ccccn3)CC2)CC1. The average Bonchev–Trinajstić information content (AvgIpc) is 3.47. The minimum Gasteiger partial charge on any atom is -0.477 e.